The Bertz CT molecular complexity index is 397. The number of aryl methyl sites for hydroxylation is 1. The second kappa shape index (κ2) is 5.63. The van der Waals surface area contributed by atoms with E-state index < -0.39 is 0 Å². The molecule has 19 heavy (non-hydrogen) atoms. The Morgan fingerprint density at radius 1 is 1.32 bits per heavy atom. The lowest BCUT2D eigenvalue weighted by Gasteiger charge is -2.41. The number of nitrogens with one attached hydrogen (secondary N) is 1. The summed E-state index contributed by atoms with van der Waals surface area (Å²) in [5, 5.41) is 3.72. The van der Waals surface area contributed by atoms with Gasteiger partial charge in [0.1, 0.15) is 5.82 Å². The highest BCUT2D eigenvalue weighted by Crippen LogP contribution is 2.21. The smallest absolute Gasteiger partial charge is 0.125 e. The molecule has 1 N–H and O–H groups in total. The number of nitrogens with zero attached hydrogens (tertiary/aromatic N) is 3. The molecule has 0 aromatic carbocycles. The molecule has 0 radical (unpaired) electrons. The zero-order valence-electron chi connectivity index (χ0n) is 13.0. The van der Waals surface area contributed by atoms with E-state index in [2.05, 4.69) is 54.5 Å². The average Bonchev–Trinajstić information content (AvgIpc) is 2.75. The van der Waals surface area contributed by atoms with Gasteiger partial charge in [-0.25, -0.2) is 4.98 Å². The van der Waals surface area contributed by atoms with Crippen LogP contribution in [0.4, 0.5) is 0 Å². The predicted molar refractivity (Wildman–Crippen MR) is 79.1 cm³/mol. The van der Waals surface area contributed by atoms with Crippen molar-refractivity contribution in [3.05, 3.63) is 18.2 Å². The fourth-order valence-electron chi connectivity index (χ4n) is 2.94. The van der Waals surface area contributed by atoms with Crippen LogP contribution in [-0.2, 0) is 7.05 Å². The molecule has 1 aromatic heterocycles. The van der Waals surface area contributed by atoms with Gasteiger partial charge >= 0.3 is 0 Å². The molecule has 1 aliphatic heterocycles. The molecule has 0 bridgehead atoms. The van der Waals surface area contributed by atoms with Gasteiger partial charge in [0.15, 0.2) is 0 Å². The molecule has 1 aliphatic rings. The van der Waals surface area contributed by atoms with Crippen molar-refractivity contribution in [3.63, 3.8) is 0 Å². The van der Waals surface area contributed by atoms with E-state index in [1.54, 1.807) is 0 Å². The molecule has 108 valence electrons. The summed E-state index contributed by atoms with van der Waals surface area (Å²) in [6, 6.07) is 0.941. The Hall–Kier alpha value is -0.870. The third kappa shape index (κ3) is 3.57. The second-order valence-electron chi connectivity index (χ2n) is 6.72. The van der Waals surface area contributed by atoms with Gasteiger partial charge in [-0.05, 0) is 40.5 Å². The minimum absolute atomic E-state index is 0.302. The van der Waals surface area contributed by atoms with Crippen LogP contribution in [0, 0.1) is 0 Å². The first-order valence-corrected chi connectivity index (χ1v) is 7.36. The highest BCUT2D eigenvalue weighted by Gasteiger charge is 2.27. The minimum atomic E-state index is 0.302. The lowest BCUT2D eigenvalue weighted by atomic mass is 9.97. The summed E-state index contributed by atoms with van der Waals surface area (Å²) in [4.78, 5) is 7.01. The van der Waals surface area contributed by atoms with E-state index in [1.807, 2.05) is 12.4 Å². The van der Waals surface area contributed by atoms with Crippen LogP contribution in [-0.4, -0.2) is 39.1 Å². The average molecular weight is 264 g/mol. The van der Waals surface area contributed by atoms with E-state index in [0.29, 0.717) is 17.6 Å². The zero-order valence-corrected chi connectivity index (χ0v) is 13.0. The van der Waals surface area contributed by atoms with Crippen molar-refractivity contribution in [2.24, 2.45) is 7.05 Å². The third-order valence-corrected chi connectivity index (χ3v) is 4.18. The minimum Gasteiger partial charge on any atom is -0.337 e. The summed E-state index contributed by atoms with van der Waals surface area (Å²) in [5.74, 6) is 1.12. The van der Waals surface area contributed by atoms with Crippen molar-refractivity contribution in [1.29, 1.82) is 0 Å². The van der Waals surface area contributed by atoms with Crippen molar-refractivity contribution in [2.75, 3.05) is 13.1 Å². The Labute approximate surface area is 117 Å². The van der Waals surface area contributed by atoms with Crippen LogP contribution in [0.3, 0.4) is 0 Å². The molecule has 0 aliphatic carbocycles. The predicted octanol–water partition coefficient (Wildman–Crippen LogP) is 2.33. The topological polar surface area (TPSA) is 33.1 Å². The van der Waals surface area contributed by atoms with Crippen molar-refractivity contribution in [2.45, 2.75) is 58.2 Å². The van der Waals surface area contributed by atoms with Crippen LogP contribution < -0.4 is 5.32 Å². The third-order valence-electron chi connectivity index (χ3n) is 4.18. The van der Waals surface area contributed by atoms with E-state index in [9.17, 15) is 0 Å². The highest BCUT2D eigenvalue weighted by atomic mass is 15.2. The number of hydrogen-bond donors (Lipinski definition) is 1. The zero-order chi connectivity index (χ0) is 14.0. The number of hydrogen-bond acceptors (Lipinski definition) is 3. The van der Waals surface area contributed by atoms with Crippen LogP contribution in [0.5, 0.6) is 0 Å². The van der Waals surface area contributed by atoms with E-state index >= 15 is 0 Å². The van der Waals surface area contributed by atoms with E-state index in [0.717, 1.165) is 5.82 Å². The van der Waals surface area contributed by atoms with Crippen molar-refractivity contribution < 1.29 is 0 Å². The molecule has 1 aromatic rings. The molecular weight excluding hydrogens is 236 g/mol. The molecule has 1 fully saturated rings. The molecule has 1 unspecified atom stereocenters. The molecule has 2 heterocycles. The van der Waals surface area contributed by atoms with Crippen LogP contribution in [0.1, 0.15) is 52.4 Å². The Morgan fingerprint density at radius 3 is 2.42 bits per heavy atom. The summed E-state index contributed by atoms with van der Waals surface area (Å²) >= 11 is 0. The molecule has 0 amide bonds. The Morgan fingerprint density at radius 2 is 1.95 bits per heavy atom. The van der Waals surface area contributed by atoms with Gasteiger partial charge in [-0.15, -0.1) is 0 Å². The number of aromatic nitrogens is 2. The summed E-state index contributed by atoms with van der Waals surface area (Å²) < 4.78 is 2.10. The number of imidazole rings is 1. The number of likely N-dealkylation sites (tertiary alicyclic amines) is 1. The summed E-state index contributed by atoms with van der Waals surface area (Å²) in [6.07, 6.45) is 6.34. The lowest BCUT2D eigenvalue weighted by Crippen LogP contribution is -2.50. The normalized spacial score (nSPS) is 20.7. The van der Waals surface area contributed by atoms with Gasteiger partial charge in [-0.1, -0.05) is 0 Å². The maximum absolute atomic E-state index is 4.43. The number of rotatable bonds is 3. The Balaban J connectivity index is 1.85. The van der Waals surface area contributed by atoms with Crippen LogP contribution in [0.15, 0.2) is 12.4 Å². The SMILES string of the molecule is CC(NC1CCN(C(C)(C)C)CC1)c1nccn1C. The van der Waals surface area contributed by atoms with Gasteiger partial charge in [0.05, 0.1) is 6.04 Å². The molecule has 1 atom stereocenters. The van der Waals surface area contributed by atoms with E-state index in [1.165, 1.54) is 25.9 Å². The summed E-state index contributed by atoms with van der Waals surface area (Å²) in [7, 11) is 2.06. The van der Waals surface area contributed by atoms with Crippen LogP contribution in [0.2, 0.25) is 0 Å². The largest absolute Gasteiger partial charge is 0.337 e. The quantitative estimate of drug-likeness (QED) is 0.909. The number of piperidine rings is 1. The standard InChI is InChI=1S/C15H28N4/c1-12(14-16-8-11-18(14)5)17-13-6-9-19(10-7-13)15(2,3)4/h8,11-13,17H,6-7,9-10H2,1-5H3. The Kier molecular flexibility index (Phi) is 4.31. The first-order chi connectivity index (χ1) is 8.88. The van der Waals surface area contributed by atoms with E-state index in [4.69, 9.17) is 0 Å². The molecule has 2 rings (SSSR count). The summed E-state index contributed by atoms with van der Waals surface area (Å²) in [5.41, 5.74) is 0.302. The maximum Gasteiger partial charge on any atom is 0.125 e. The molecular formula is C15H28N4. The highest BCUT2D eigenvalue weighted by molar-refractivity contribution is 4.98. The van der Waals surface area contributed by atoms with Crippen LogP contribution in [0.25, 0.3) is 0 Å². The van der Waals surface area contributed by atoms with Crippen molar-refractivity contribution in [1.82, 2.24) is 19.8 Å². The van der Waals surface area contributed by atoms with Gasteiger partial charge in [0.2, 0.25) is 0 Å². The molecule has 1 saturated heterocycles. The summed E-state index contributed by atoms with van der Waals surface area (Å²) in [6.45, 7) is 11.5. The monoisotopic (exact) mass is 264 g/mol. The van der Waals surface area contributed by atoms with E-state index in [-0.39, 0.29) is 0 Å². The lowest BCUT2D eigenvalue weighted by molar-refractivity contribution is 0.0939. The fourth-order valence-corrected chi connectivity index (χ4v) is 2.94. The fraction of sp³-hybridized carbons (Fsp3) is 0.800. The van der Waals surface area contributed by atoms with Gasteiger partial charge < -0.3 is 9.88 Å². The van der Waals surface area contributed by atoms with Crippen molar-refractivity contribution in [3.8, 4) is 0 Å². The molecule has 0 spiro atoms. The molecule has 4 heteroatoms. The van der Waals surface area contributed by atoms with Gasteiger partial charge in [-0.3, -0.25) is 4.90 Å². The van der Waals surface area contributed by atoms with Crippen LogP contribution >= 0.6 is 0 Å². The van der Waals surface area contributed by atoms with Gasteiger partial charge in [0.25, 0.3) is 0 Å². The maximum atomic E-state index is 4.43. The van der Waals surface area contributed by atoms with Gasteiger partial charge in [0, 0.05) is 44.1 Å². The van der Waals surface area contributed by atoms with Gasteiger partial charge in [-0.2, -0.15) is 0 Å². The first kappa shape index (κ1) is 14.5. The van der Waals surface area contributed by atoms with Crippen molar-refractivity contribution >= 4 is 0 Å². The second-order valence-corrected chi connectivity index (χ2v) is 6.72. The molecule has 4 nitrogen and oxygen atoms in total. The first-order valence-electron chi connectivity index (χ1n) is 7.36. The molecule has 0 saturated carbocycles.